The highest BCUT2D eigenvalue weighted by atomic mass is 14.7. The maximum absolute atomic E-state index is 6.89. The summed E-state index contributed by atoms with van der Waals surface area (Å²) >= 11 is 0. The lowest BCUT2D eigenvalue weighted by atomic mass is 10.5. The Kier molecular flexibility index (Phi) is 0.254. The van der Waals surface area contributed by atoms with Crippen LogP contribution in [0.5, 0.6) is 0 Å². The number of rotatable bonds is 0. The number of aliphatic imine (C=N–C) groups is 1. The fourth-order valence-electron chi connectivity index (χ4n) is 0.228. The second kappa shape index (κ2) is 1.02. The fraction of sp³-hybridized carbons (Fsp3) is 0.250. The molecule has 0 aliphatic carbocycles. The zero-order valence-corrected chi connectivity index (χ0v) is 2.73. The number of hydrogen-bond acceptors (Lipinski definition) is 1. The molecule has 0 radical (unpaired) electrons. The predicted molar refractivity (Wildman–Crippen MR) is 22.2 cm³/mol. The summed E-state index contributed by atoms with van der Waals surface area (Å²) in [6.45, 7) is 0. The van der Waals surface area contributed by atoms with Crippen molar-refractivity contribution in [3.8, 4) is 0 Å². The molecule has 0 amide bonds. The smallest absolute Gasteiger partial charge is 0.0795 e. The third kappa shape index (κ3) is 0.349. The van der Waals surface area contributed by atoms with Gasteiger partial charge in [-0.05, 0) is 0 Å². The van der Waals surface area contributed by atoms with Crippen molar-refractivity contribution in [2.24, 2.45) is 4.99 Å². The van der Waals surface area contributed by atoms with E-state index in [2.05, 4.69) is 4.99 Å². The Morgan fingerprint density at radius 3 is 3.20 bits per heavy atom. The third-order valence-corrected chi connectivity index (χ3v) is 0.428. The minimum atomic E-state index is 0.296. The van der Waals surface area contributed by atoms with Crippen LogP contribution in [-0.2, 0) is 0 Å². The van der Waals surface area contributed by atoms with Gasteiger partial charge in [-0.15, -0.1) is 0 Å². The van der Waals surface area contributed by atoms with E-state index in [1.807, 2.05) is 0 Å². The van der Waals surface area contributed by atoms with Crippen LogP contribution in [-0.4, -0.2) is 6.19 Å². The Morgan fingerprint density at radius 2 is 3.00 bits per heavy atom. The molecule has 0 aromatic heterocycles. The van der Waals surface area contributed by atoms with Crippen LogP contribution in [0.25, 0.3) is 0 Å². The molecule has 0 aromatic carbocycles. The second-order valence-corrected chi connectivity index (χ2v) is 0.797. The van der Waals surface area contributed by atoms with Gasteiger partial charge in [0.1, 0.15) is 0 Å². The first kappa shape index (κ1) is 1.25. The van der Waals surface area contributed by atoms with Gasteiger partial charge in [0.05, 0.1) is 2.74 Å². The molecule has 0 fully saturated rings. The molecule has 26 valence electrons. The van der Waals surface area contributed by atoms with Crippen molar-refractivity contribution in [3.63, 3.8) is 0 Å². The molecule has 1 aliphatic heterocycles. The Balaban J connectivity index is 2.61. The second-order valence-electron chi connectivity index (χ2n) is 0.797. The Labute approximate surface area is 33.8 Å². The van der Waals surface area contributed by atoms with E-state index in [-0.39, 0.29) is 0 Å². The normalized spacial score (nSPS) is 27.2. The predicted octanol–water partition coefficient (Wildman–Crippen LogP) is 0.975. The topological polar surface area (TPSA) is 12.4 Å². The van der Waals surface area contributed by atoms with E-state index >= 15 is 0 Å². The van der Waals surface area contributed by atoms with Gasteiger partial charge in [-0.2, -0.15) is 0 Å². The van der Waals surface area contributed by atoms with E-state index in [0.29, 0.717) is 18.7 Å². The summed E-state index contributed by atoms with van der Waals surface area (Å²) in [5.41, 5.74) is 0. The van der Waals surface area contributed by atoms with Gasteiger partial charge < -0.3 is 0 Å². The fourth-order valence-corrected chi connectivity index (χ4v) is 0.228. The van der Waals surface area contributed by atoms with Gasteiger partial charge in [0.25, 0.3) is 0 Å². The molecular weight excluding hydrogens is 62.1 g/mol. The Bertz CT molecular complexity index is 121. The minimum Gasteiger partial charge on any atom is -0.269 e. The van der Waals surface area contributed by atoms with E-state index in [1.165, 1.54) is 6.20 Å². The monoisotopic (exact) mass is 69.1 g/mol. The molecule has 1 nitrogen and oxygen atoms in total. The van der Waals surface area contributed by atoms with Crippen molar-refractivity contribution in [2.45, 2.75) is 6.42 Å². The molecule has 0 N–H and O–H groups in total. The summed E-state index contributed by atoms with van der Waals surface area (Å²) in [7, 11) is 0. The molecule has 0 atom stereocenters. The van der Waals surface area contributed by atoms with Crippen LogP contribution in [0, 0.1) is 0 Å². The van der Waals surface area contributed by atoms with Gasteiger partial charge in [-0.3, -0.25) is 4.99 Å². The highest BCUT2D eigenvalue weighted by Gasteiger charge is 1.73. The van der Waals surface area contributed by atoms with E-state index < -0.39 is 0 Å². The number of allylic oxidation sites excluding steroid dienone is 1. The summed E-state index contributed by atoms with van der Waals surface area (Å²) in [6.07, 6.45) is 2.12. The SMILES string of the molecule is [2H]C1=CN=C([2H])C1. The van der Waals surface area contributed by atoms with Gasteiger partial charge in [0.15, 0.2) is 0 Å². The average molecular weight is 69.1 g/mol. The highest BCUT2D eigenvalue weighted by molar-refractivity contribution is 5.62. The first-order chi connectivity index (χ1) is 3.29. The van der Waals surface area contributed by atoms with Crippen molar-refractivity contribution in [3.05, 3.63) is 12.3 Å². The van der Waals surface area contributed by atoms with Gasteiger partial charge in [-0.25, -0.2) is 0 Å². The van der Waals surface area contributed by atoms with Crippen LogP contribution in [0.3, 0.4) is 0 Å². The van der Waals surface area contributed by atoms with Crippen molar-refractivity contribution in [1.82, 2.24) is 0 Å². The van der Waals surface area contributed by atoms with Gasteiger partial charge in [0, 0.05) is 18.8 Å². The molecule has 5 heavy (non-hydrogen) atoms. The number of hydrogen-bond donors (Lipinski definition) is 0. The summed E-state index contributed by atoms with van der Waals surface area (Å²) in [5, 5.41) is 0. The maximum Gasteiger partial charge on any atom is 0.0795 e. The molecule has 0 aromatic rings. The molecule has 0 spiro atoms. The summed E-state index contributed by atoms with van der Waals surface area (Å²) in [6, 6.07) is 0.435. The highest BCUT2D eigenvalue weighted by Crippen LogP contribution is 1.86. The Hall–Kier alpha value is -0.590. The summed E-state index contributed by atoms with van der Waals surface area (Å²) in [5.74, 6) is 0. The first-order valence-electron chi connectivity index (χ1n) is 2.48. The molecule has 1 rings (SSSR count). The quantitative estimate of drug-likeness (QED) is 0.402. The summed E-state index contributed by atoms with van der Waals surface area (Å²) in [4.78, 5) is 3.55. The van der Waals surface area contributed by atoms with E-state index in [4.69, 9.17) is 2.74 Å². The lowest BCUT2D eigenvalue weighted by Gasteiger charge is -1.54. The van der Waals surface area contributed by atoms with Crippen LogP contribution in [0.2, 0.25) is 0 Å². The van der Waals surface area contributed by atoms with E-state index in [0.717, 1.165) is 0 Å². The minimum absolute atomic E-state index is 0.296. The first-order valence-corrected chi connectivity index (χ1v) is 1.48. The van der Waals surface area contributed by atoms with Crippen molar-refractivity contribution >= 4 is 6.19 Å². The third-order valence-electron chi connectivity index (χ3n) is 0.428. The Morgan fingerprint density at radius 1 is 2.00 bits per heavy atom. The lowest BCUT2D eigenvalue weighted by molar-refractivity contribution is 1.60. The van der Waals surface area contributed by atoms with Crippen molar-refractivity contribution in [2.75, 3.05) is 0 Å². The molecule has 0 bridgehead atoms. The molecule has 0 saturated carbocycles. The molecular formula is C4H5N. The van der Waals surface area contributed by atoms with Crippen molar-refractivity contribution < 1.29 is 2.74 Å². The van der Waals surface area contributed by atoms with Gasteiger partial charge >= 0.3 is 0 Å². The molecule has 0 saturated heterocycles. The van der Waals surface area contributed by atoms with E-state index in [1.54, 1.807) is 0 Å². The molecule has 1 heterocycles. The van der Waals surface area contributed by atoms with Crippen LogP contribution in [0.1, 0.15) is 9.16 Å². The summed E-state index contributed by atoms with van der Waals surface area (Å²) < 4.78 is 13.7. The molecule has 1 heteroatoms. The van der Waals surface area contributed by atoms with Crippen molar-refractivity contribution in [1.29, 1.82) is 0 Å². The van der Waals surface area contributed by atoms with Gasteiger partial charge in [0.2, 0.25) is 0 Å². The van der Waals surface area contributed by atoms with E-state index in [9.17, 15) is 0 Å². The molecule has 1 aliphatic rings. The largest absolute Gasteiger partial charge is 0.269 e. The van der Waals surface area contributed by atoms with Crippen LogP contribution in [0.4, 0.5) is 0 Å². The zero-order chi connectivity index (χ0) is 5.28. The average Bonchev–Trinajstić information content (AvgIpc) is 1.87. The van der Waals surface area contributed by atoms with Crippen LogP contribution in [0.15, 0.2) is 17.2 Å². The lowest BCUT2D eigenvalue weighted by Crippen LogP contribution is -1.51. The molecule has 0 unspecified atom stereocenters. The van der Waals surface area contributed by atoms with Gasteiger partial charge in [-0.1, -0.05) is 6.05 Å². The standard InChI is InChI=1S/C4H5N/c1-2-4-5-3-1/h1,3-4H,2H2/i1D,4D. The maximum atomic E-state index is 6.89. The number of nitrogens with zero attached hydrogens (tertiary/aromatic N) is 1. The van der Waals surface area contributed by atoms with Crippen LogP contribution < -0.4 is 0 Å². The van der Waals surface area contributed by atoms with Crippen LogP contribution >= 0.6 is 0 Å². The zero-order valence-electron chi connectivity index (χ0n) is 4.73.